The summed E-state index contributed by atoms with van der Waals surface area (Å²) in [6.45, 7) is 3.94. The molecule has 0 amide bonds. The predicted octanol–water partition coefficient (Wildman–Crippen LogP) is 5.92. The average molecular weight is 532 g/mol. The molecule has 2 heterocycles. The van der Waals surface area contributed by atoms with Crippen molar-refractivity contribution in [1.29, 1.82) is 0 Å². The quantitative estimate of drug-likeness (QED) is 0.408. The summed E-state index contributed by atoms with van der Waals surface area (Å²) in [6.07, 6.45) is 5.06. The Balaban J connectivity index is 0.00000304. The minimum atomic E-state index is -2.95. The number of nitrogens with zero attached hydrogens (tertiary/aromatic N) is 1. The number of phenols is 1. The molecular formula is C28H34ClNO5S. The molecular weight excluding hydrogens is 498 g/mol. The minimum Gasteiger partial charge on any atom is -0.508 e. The number of hydrogen-bond acceptors (Lipinski definition) is 6. The highest BCUT2D eigenvalue weighted by Gasteiger charge is 2.27. The van der Waals surface area contributed by atoms with Crippen LogP contribution in [0.5, 0.6) is 23.0 Å². The molecule has 3 aromatic carbocycles. The lowest BCUT2D eigenvalue weighted by molar-refractivity contribution is 0.183. The van der Waals surface area contributed by atoms with Crippen molar-refractivity contribution >= 4 is 33.0 Å². The van der Waals surface area contributed by atoms with Gasteiger partial charge in [-0.15, -0.1) is 12.4 Å². The van der Waals surface area contributed by atoms with Gasteiger partial charge in [-0.1, -0.05) is 18.6 Å². The van der Waals surface area contributed by atoms with Crippen LogP contribution in [0.3, 0.4) is 0 Å². The standard InChI is InChI=1S/C28H33NO5S.ClH/c30-23-5-11-27-22(20-23)4-10-26(21-12-18-35(31,32)19-13-21)28(27)34-25-8-6-24(7-9-25)33-17-16-29-14-2-1-3-15-29;/h4-11,20-21,30H,1-3,12-19H2;1H. The Kier molecular flexibility index (Phi) is 8.65. The Labute approximate surface area is 219 Å². The van der Waals surface area contributed by atoms with Crippen LogP contribution in [0.25, 0.3) is 10.8 Å². The molecule has 0 saturated carbocycles. The molecule has 0 atom stereocenters. The van der Waals surface area contributed by atoms with E-state index in [1.54, 1.807) is 12.1 Å². The second-order valence-corrected chi connectivity index (χ2v) is 11.9. The first-order valence-corrected chi connectivity index (χ1v) is 14.4. The second-order valence-electron chi connectivity index (χ2n) is 9.64. The fraction of sp³-hybridized carbons (Fsp3) is 0.429. The van der Waals surface area contributed by atoms with Crippen LogP contribution in [0.4, 0.5) is 0 Å². The van der Waals surface area contributed by atoms with E-state index in [0.29, 0.717) is 25.2 Å². The van der Waals surface area contributed by atoms with Crippen LogP contribution in [-0.4, -0.2) is 56.2 Å². The van der Waals surface area contributed by atoms with Gasteiger partial charge in [0.1, 0.15) is 39.4 Å². The molecule has 5 rings (SSSR count). The summed E-state index contributed by atoms with van der Waals surface area (Å²) in [4.78, 5) is 2.46. The smallest absolute Gasteiger partial charge is 0.150 e. The van der Waals surface area contributed by atoms with E-state index in [9.17, 15) is 13.5 Å². The van der Waals surface area contributed by atoms with E-state index < -0.39 is 9.84 Å². The molecule has 0 bridgehead atoms. The Morgan fingerprint density at radius 3 is 2.31 bits per heavy atom. The van der Waals surface area contributed by atoms with E-state index in [4.69, 9.17) is 9.47 Å². The van der Waals surface area contributed by atoms with Crippen molar-refractivity contribution in [3.05, 3.63) is 60.2 Å². The molecule has 2 saturated heterocycles. The van der Waals surface area contributed by atoms with Crippen molar-refractivity contribution in [3.63, 3.8) is 0 Å². The van der Waals surface area contributed by atoms with Gasteiger partial charge in [0, 0.05) is 11.9 Å². The highest BCUT2D eigenvalue weighted by molar-refractivity contribution is 7.91. The van der Waals surface area contributed by atoms with Gasteiger partial charge in [0.2, 0.25) is 0 Å². The van der Waals surface area contributed by atoms with Crippen molar-refractivity contribution in [2.45, 2.75) is 38.0 Å². The van der Waals surface area contributed by atoms with Gasteiger partial charge in [-0.25, -0.2) is 8.42 Å². The first-order valence-electron chi connectivity index (χ1n) is 12.6. The van der Waals surface area contributed by atoms with Gasteiger partial charge < -0.3 is 14.6 Å². The van der Waals surface area contributed by atoms with Crippen LogP contribution in [0.2, 0.25) is 0 Å². The molecule has 2 aliphatic rings. The molecule has 0 aromatic heterocycles. The largest absolute Gasteiger partial charge is 0.508 e. The van der Waals surface area contributed by atoms with Crippen molar-refractivity contribution in [2.75, 3.05) is 37.7 Å². The molecule has 36 heavy (non-hydrogen) atoms. The lowest BCUT2D eigenvalue weighted by Gasteiger charge is -2.26. The van der Waals surface area contributed by atoms with Crippen molar-refractivity contribution in [2.24, 2.45) is 0 Å². The predicted molar refractivity (Wildman–Crippen MR) is 146 cm³/mol. The van der Waals surface area contributed by atoms with Crippen molar-refractivity contribution in [1.82, 2.24) is 4.90 Å². The Morgan fingerprint density at radius 2 is 1.58 bits per heavy atom. The lowest BCUT2D eigenvalue weighted by atomic mass is 9.90. The van der Waals surface area contributed by atoms with Crippen LogP contribution >= 0.6 is 12.4 Å². The fourth-order valence-corrected chi connectivity index (χ4v) is 6.63. The van der Waals surface area contributed by atoms with Crippen molar-refractivity contribution in [3.8, 4) is 23.0 Å². The first-order chi connectivity index (χ1) is 17.0. The van der Waals surface area contributed by atoms with E-state index in [1.165, 1.54) is 19.3 Å². The number of phenolic OH excluding ortho intramolecular Hbond substituents is 1. The van der Waals surface area contributed by atoms with Gasteiger partial charge in [-0.2, -0.15) is 0 Å². The third kappa shape index (κ3) is 6.44. The van der Waals surface area contributed by atoms with E-state index in [-0.39, 0.29) is 35.6 Å². The molecule has 2 aliphatic heterocycles. The number of aromatic hydroxyl groups is 1. The molecule has 0 aliphatic carbocycles. The van der Waals surface area contributed by atoms with Gasteiger partial charge in [0.25, 0.3) is 0 Å². The highest BCUT2D eigenvalue weighted by Crippen LogP contribution is 2.42. The normalized spacial score (nSPS) is 18.4. The minimum absolute atomic E-state index is 0. The maximum absolute atomic E-state index is 12.0. The second kappa shape index (κ2) is 11.7. The van der Waals surface area contributed by atoms with E-state index in [0.717, 1.165) is 47.5 Å². The average Bonchev–Trinajstić information content (AvgIpc) is 2.86. The van der Waals surface area contributed by atoms with E-state index >= 15 is 0 Å². The molecule has 6 nitrogen and oxygen atoms in total. The Morgan fingerprint density at radius 1 is 0.889 bits per heavy atom. The number of likely N-dealkylation sites (tertiary alicyclic amines) is 1. The van der Waals surface area contributed by atoms with Crippen LogP contribution in [0, 0.1) is 0 Å². The highest BCUT2D eigenvalue weighted by atomic mass is 35.5. The van der Waals surface area contributed by atoms with Gasteiger partial charge in [-0.3, -0.25) is 4.90 Å². The maximum Gasteiger partial charge on any atom is 0.150 e. The molecule has 0 radical (unpaired) electrons. The summed E-state index contributed by atoms with van der Waals surface area (Å²) in [7, 11) is -2.95. The number of halogens is 1. The number of sulfone groups is 1. The summed E-state index contributed by atoms with van der Waals surface area (Å²) in [5, 5.41) is 11.7. The molecule has 0 unspecified atom stereocenters. The Bertz CT molecular complexity index is 1260. The summed E-state index contributed by atoms with van der Waals surface area (Å²) in [5.74, 6) is 2.96. The van der Waals surface area contributed by atoms with Crippen LogP contribution < -0.4 is 9.47 Å². The number of benzene rings is 3. The van der Waals surface area contributed by atoms with Crippen LogP contribution in [0.15, 0.2) is 54.6 Å². The molecule has 0 spiro atoms. The number of hydrogen-bond donors (Lipinski definition) is 1. The van der Waals surface area contributed by atoms with Gasteiger partial charge in [0.05, 0.1) is 11.5 Å². The van der Waals surface area contributed by atoms with Gasteiger partial charge in [0.15, 0.2) is 0 Å². The Hall–Kier alpha value is -2.48. The van der Waals surface area contributed by atoms with E-state index in [1.807, 2.05) is 42.5 Å². The third-order valence-electron chi connectivity index (χ3n) is 7.15. The SMILES string of the molecule is Cl.O=S1(=O)CCC(c2ccc3cc(O)ccc3c2Oc2ccc(OCCN3CCCCC3)cc2)CC1. The van der Waals surface area contributed by atoms with Crippen molar-refractivity contribution < 1.29 is 23.0 Å². The third-order valence-corrected chi connectivity index (χ3v) is 8.86. The molecule has 1 N–H and O–H groups in total. The van der Waals surface area contributed by atoms with E-state index in [2.05, 4.69) is 4.90 Å². The van der Waals surface area contributed by atoms with Crippen LogP contribution in [0.1, 0.15) is 43.6 Å². The monoisotopic (exact) mass is 531 g/mol. The van der Waals surface area contributed by atoms with Gasteiger partial charge in [-0.05, 0) is 98.1 Å². The topological polar surface area (TPSA) is 76.1 Å². The van der Waals surface area contributed by atoms with Crippen LogP contribution in [-0.2, 0) is 9.84 Å². The molecule has 8 heteroatoms. The molecule has 3 aromatic rings. The lowest BCUT2D eigenvalue weighted by Crippen LogP contribution is -2.33. The first kappa shape index (κ1) is 26.6. The number of rotatable bonds is 7. The summed E-state index contributed by atoms with van der Waals surface area (Å²) < 4.78 is 36.3. The molecule has 2 fully saturated rings. The summed E-state index contributed by atoms with van der Waals surface area (Å²) in [5.41, 5.74) is 1.01. The van der Waals surface area contributed by atoms with Gasteiger partial charge >= 0.3 is 0 Å². The summed E-state index contributed by atoms with van der Waals surface area (Å²) >= 11 is 0. The maximum atomic E-state index is 12.0. The summed E-state index contributed by atoms with van der Waals surface area (Å²) in [6, 6.07) is 16.9. The molecule has 194 valence electrons. The number of piperidine rings is 1. The fourth-order valence-electron chi connectivity index (χ4n) is 5.14. The zero-order chi connectivity index (χ0) is 24.3. The number of fused-ring (bicyclic) bond motifs is 1. The number of ether oxygens (including phenoxy) is 2. The zero-order valence-corrected chi connectivity index (χ0v) is 22.0. The zero-order valence-electron chi connectivity index (χ0n) is 20.4.